The average Bonchev–Trinajstić information content (AvgIpc) is 3.18. The predicted octanol–water partition coefficient (Wildman–Crippen LogP) is 4.12. The van der Waals surface area contributed by atoms with Gasteiger partial charge < -0.3 is 25.2 Å². The predicted molar refractivity (Wildman–Crippen MR) is 127 cm³/mol. The summed E-state index contributed by atoms with van der Waals surface area (Å²) >= 11 is 0. The minimum atomic E-state index is -0.612. The molecule has 1 spiro atoms. The van der Waals surface area contributed by atoms with Crippen LogP contribution in [0.3, 0.4) is 0 Å². The second-order valence-corrected chi connectivity index (χ2v) is 9.15. The van der Waals surface area contributed by atoms with Crippen LogP contribution in [0, 0.1) is 0 Å². The highest BCUT2D eigenvalue weighted by Gasteiger charge is 2.65. The Morgan fingerprint density at radius 1 is 1.21 bits per heavy atom. The van der Waals surface area contributed by atoms with Crippen LogP contribution in [0.2, 0.25) is 0 Å². The van der Waals surface area contributed by atoms with Gasteiger partial charge >= 0.3 is 0 Å². The van der Waals surface area contributed by atoms with Crippen molar-refractivity contribution in [2.24, 2.45) is 0 Å². The SMILES string of the molecule is COc1ccc2c(c1)[C@]1(C[C@H]1c1ccc3c(Nc4cccc5c4OC[C@H]5O)n[nH]c3c1)C(=O)N2. The summed E-state index contributed by atoms with van der Waals surface area (Å²) < 4.78 is 11.1. The summed E-state index contributed by atoms with van der Waals surface area (Å²) in [5.41, 5.74) is 4.86. The van der Waals surface area contributed by atoms with E-state index in [1.807, 2.05) is 42.5 Å². The van der Waals surface area contributed by atoms with Crippen LogP contribution in [0.15, 0.2) is 54.6 Å². The highest BCUT2D eigenvalue weighted by Crippen LogP contribution is 2.65. The van der Waals surface area contributed by atoms with E-state index in [4.69, 9.17) is 9.47 Å². The normalized spacial score (nSPS) is 24.0. The van der Waals surface area contributed by atoms with Gasteiger partial charge in [0.1, 0.15) is 24.2 Å². The third kappa shape index (κ3) is 2.57. The van der Waals surface area contributed by atoms with Crippen molar-refractivity contribution in [3.8, 4) is 11.5 Å². The van der Waals surface area contributed by atoms with Gasteiger partial charge in [-0.05, 0) is 53.9 Å². The van der Waals surface area contributed by atoms with Crippen LogP contribution < -0.4 is 20.1 Å². The van der Waals surface area contributed by atoms with E-state index in [9.17, 15) is 9.90 Å². The van der Waals surface area contributed by atoms with Gasteiger partial charge in [-0.1, -0.05) is 18.2 Å². The number of fused-ring (bicyclic) bond motifs is 4. The van der Waals surface area contributed by atoms with Crippen molar-refractivity contribution >= 4 is 34.0 Å². The number of hydrogen-bond acceptors (Lipinski definition) is 6. The molecule has 3 heterocycles. The Morgan fingerprint density at radius 2 is 2.12 bits per heavy atom. The van der Waals surface area contributed by atoms with E-state index in [2.05, 4.69) is 33.0 Å². The molecule has 3 aromatic carbocycles. The zero-order chi connectivity index (χ0) is 23.0. The van der Waals surface area contributed by atoms with Crippen LogP contribution in [0.4, 0.5) is 17.2 Å². The van der Waals surface area contributed by atoms with Crippen molar-refractivity contribution in [2.45, 2.75) is 23.9 Å². The van der Waals surface area contributed by atoms with Gasteiger partial charge in [-0.25, -0.2) is 0 Å². The molecule has 0 saturated heterocycles. The van der Waals surface area contributed by atoms with Gasteiger partial charge in [0.25, 0.3) is 0 Å². The van der Waals surface area contributed by atoms with E-state index in [-0.39, 0.29) is 18.4 Å². The molecule has 170 valence electrons. The molecule has 0 bridgehead atoms. The quantitative estimate of drug-likeness (QED) is 0.370. The molecule has 8 nitrogen and oxygen atoms in total. The van der Waals surface area contributed by atoms with Gasteiger partial charge in [0, 0.05) is 22.6 Å². The second-order valence-electron chi connectivity index (χ2n) is 9.15. The average molecular weight is 454 g/mol. The second kappa shape index (κ2) is 6.74. The van der Waals surface area contributed by atoms with E-state index in [0.717, 1.165) is 51.1 Å². The molecule has 2 aliphatic heterocycles. The Balaban J connectivity index is 1.21. The summed E-state index contributed by atoms with van der Waals surface area (Å²) in [6.45, 7) is 0.254. The molecule has 1 aromatic heterocycles. The number of amides is 1. The number of benzene rings is 3. The summed E-state index contributed by atoms with van der Waals surface area (Å²) in [7, 11) is 1.64. The first-order chi connectivity index (χ1) is 16.6. The molecule has 34 heavy (non-hydrogen) atoms. The molecule has 1 saturated carbocycles. The molecule has 0 radical (unpaired) electrons. The van der Waals surface area contributed by atoms with Crippen LogP contribution in [-0.2, 0) is 10.2 Å². The zero-order valence-electron chi connectivity index (χ0n) is 18.4. The number of nitrogens with zero attached hydrogens (tertiary/aromatic N) is 1. The van der Waals surface area contributed by atoms with E-state index in [1.54, 1.807) is 7.11 Å². The number of aliphatic hydroxyl groups excluding tert-OH is 1. The van der Waals surface area contributed by atoms with Crippen molar-refractivity contribution in [2.75, 3.05) is 24.4 Å². The van der Waals surface area contributed by atoms with Crippen LogP contribution in [-0.4, -0.2) is 34.9 Å². The maximum Gasteiger partial charge on any atom is 0.235 e. The van der Waals surface area contributed by atoms with Crippen LogP contribution >= 0.6 is 0 Å². The van der Waals surface area contributed by atoms with Crippen molar-refractivity contribution in [1.29, 1.82) is 0 Å². The number of aromatic nitrogens is 2. The highest BCUT2D eigenvalue weighted by molar-refractivity contribution is 6.10. The molecule has 0 unspecified atom stereocenters. The number of para-hydroxylation sites is 1. The Morgan fingerprint density at radius 3 is 3.00 bits per heavy atom. The number of aliphatic hydroxyl groups is 1. The summed E-state index contributed by atoms with van der Waals surface area (Å²) in [5.74, 6) is 2.23. The summed E-state index contributed by atoms with van der Waals surface area (Å²) in [4.78, 5) is 13.0. The smallest absolute Gasteiger partial charge is 0.235 e. The zero-order valence-corrected chi connectivity index (χ0v) is 18.4. The highest BCUT2D eigenvalue weighted by atomic mass is 16.5. The molecule has 1 fully saturated rings. The molecule has 7 rings (SSSR count). The standard InChI is InChI=1S/C26H22N4O4/c1-33-14-6-8-19-17(10-14)26(25(32)28-19)11-18(26)13-5-7-15-21(9-13)29-30-24(15)27-20-4-2-3-16-22(31)12-34-23(16)20/h2-10,18,22,31H,11-12H2,1H3,(H,28,32)(H2,27,29,30)/t18-,22+,26-/m0/s1. The molecule has 4 aromatic rings. The fraction of sp³-hybridized carbons (Fsp3) is 0.231. The molecule has 3 aliphatic rings. The lowest BCUT2D eigenvalue weighted by Gasteiger charge is -2.11. The Bertz CT molecular complexity index is 1500. The number of nitrogens with one attached hydrogen (secondary N) is 3. The van der Waals surface area contributed by atoms with Crippen molar-refractivity contribution in [1.82, 2.24) is 10.2 Å². The molecular weight excluding hydrogens is 432 g/mol. The lowest BCUT2D eigenvalue weighted by Crippen LogP contribution is -2.21. The van der Waals surface area contributed by atoms with Crippen LogP contribution in [0.25, 0.3) is 10.9 Å². The van der Waals surface area contributed by atoms with Gasteiger partial charge in [-0.15, -0.1) is 0 Å². The number of ether oxygens (including phenoxy) is 2. The fourth-order valence-corrected chi connectivity index (χ4v) is 5.50. The van der Waals surface area contributed by atoms with Gasteiger partial charge in [-0.3, -0.25) is 9.89 Å². The molecule has 1 aliphatic carbocycles. The fourth-order valence-electron chi connectivity index (χ4n) is 5.50. The minimum Gasteiger partial charge on any atom is -0.497 e. The number of aromatic amines is 1. The monoisotopic (exact) mass is 454 g/mol. The number of H-pyrrole nitrogens is 1. The van der Waals surface area contributed by atoms with E-state index in [1.165, 1.54) is 0 Å². The molecule has 1 amide bonds. The van der Waals surface area contributed by atoms with E-state index in [0.29, 0.717) is 11.6 Å². The van der Waals surface area contributed by atoms with Crippen LogP contribution in [0.5, 0.6) is 11.5 Å². The number of carbonyl (C=O) groups is 1. The van der Waals surface area contributed by atoms with Gasteiger partial charge in [-0.2, -0.15) is 5.10 Å². The third-order valence-electron chi connectivity index (χ3n) is 7.35. The van der Waals surface area contributed by atoms with Crippen molar-refractivity contribution < 1.29 is 19.4 Å². The first-order valence-corrected chi connectivity index (χ1v) is 11.3. The Labute approximate surface area is 194 Å². The van der Waals surface area contributed by atoms with Gasteiger partial charge in [0.15, 0.2) is 5.82 Å². The van der Waals surface area contributed by atoms with E-state index >= 15 is 0 Å². The number of hydrogen-bond donors (Lipinski definition) is 4. The number of anilines is 3. The molecule has 3 atom stereocenters. The van der Waals surface area contributed by atoms with Crippen LogP contribution in [0.1, 0.15) is 35.1 Å². The van der Waals surface area contributed by atoms with Crippen molar-refractivity contribution in [3.05, 3.63) is 71.3 Å². The Kier molecular flexibility index (Phi) is 3.85. The van der Waals surface area contributed by atoms with E-state index < -0.39 is 11.5 Å². The third-order valence-corrected chi connectivity index (χ3v) is 7.35. The summed E-state index contributed by atoms with van der Waals surface area (Å²) in [6, 6.07) is 17.6. The first kappa shape index (κ1) is 19.4. The van der Waals surface area contributed by atoms with Gasteiger partial charge in [0.2, 0.25) is 5.91 Å². The summed E-state index contributed by atoms with van der Waals surface area (Å²) in [6.07, 6.45) is 0.151. The van der Waals surface area contributed by atoms with Gasteiger partial charge in [0.05, 0.1) is 23.7 Å². The number of carbonyl (C=O) groups excluding carboxylic acids is 1. The summed E-state index contributed by atoms with van der Waals surface area (Å²) in [5, 5.41) is 25.0. The van der Waals surface area contributed by atoms with Crippen molar-refractivity contribution in [3.63, 3.8) is 0 Å². The largest absolute Gasteiger partial charge is 0.497 e. The maximum absolute atomic E-state index is 13.0. The molecule has 8 heteroatoms. The Hall–Kier alpha value is -4.04. The molecule has 4 N–H and O–H groups in total. The number of methoxy groups -OCH3 is 1. The lowest BCUT2D eigenvalue weighted by molar-refractivity contribution is -0.118. The number of rotatable bonds is 4. The topological polar surface area (TPSA) is 108 Å². The lowest BCUT2D eigenvalue weighted by atomic mass is 9.91. The molecular formula is C26H22N4O4. The maximum atomic E-state index is 13.0. The first-order valence-electron chi connectivity index (χ1n) is 11.3. The minimum absolute atomic E-state index is 0.0490.